The highest BCUT2D eigenvalue weighted by Gasteiger charge is 2.68. The summed E-state index contributed by atoms with van der Waals surface area (Å²) in [5, 5.41) is 1.11. The van der Waals surface area contributed by atoms with Crippen LogP contribution in [0.25, 0.3) is 10.9 Å². The van der Waals surface area contributed by atoms with Crippen LogP contribution < -0.4 is 0 Å². The van der Waals surface area contributed by atoms with Gasteiger partial charge >= 0.3 is 0 Å². The van der Waals surface area contributed by atoms with Gasteiger partial charge in [-0.15, -0.1) is 0 Å². The highest BCUT2D eigenvalue weighted by Crippen LogP contribution is 2.53. The van der Waals surface area contributed by atoms with Gasteiger partial charge in [0.25, 0.3) is 0 Å². The smallest absolute Gasteiger partial charge is 0.245 e. The van der Waals surface area contributed by atoms with Gasteiger partial charge in [-0.2, -0.15) is 0 Å². The van der Waals surface area contributed by atoms with Crippen LogP contribution in [0.5, 0.6) is 0 Å². The van der Waals surface area contributed by atoms with Gasteiger partial charge in [0.05, 0.1) is 12.1 Å². The molecule has 0 spiro atoms. The normalized spacial score (nSPS) is 36.6. The van der Waals surface area contributed by atoms with E-state index >= 15 is 0 Å². The lowest BCUT2D eigenvalue weighted by molar-refractivity contribution is -0.330. The minimum atomic E-state index is -1.11. The minimum Gasteiger partial charge on any atom is -0.348 e. The number of para-hydroxylation sites is 1. The topological polar surface area (TPSA) is 59.0 Å². The second-order valence-electron chi connectivity index (χ2n) is 8.50. The number of benzene rings is 1. The van der Waals surface area contributed by atoms with Crippen molar-refractivity contribution in [2.45, 2.75) is 70.3 Å². The molecule has 4 heterocycles. The summed E-state index contributed by atoms with van der Waals surface area (Å²) >= 11 is 0. The van der Waals surface area contributed by atoms with E-state index in [1.807, 2.05) is 52.0 Å². The predicted molar refractivity (Wildman–Crippen MR) is 98.0 cm³/mol. The van der Waals surface area contributed by atoms with Gasteiger partial charge in [0.1, 0.15) is 24.0 Å². The molecule has 4 atom stereocenters. The molecule has 3 saturated heterocycles. The quantitative estimate of drug-likeness (QED) is 0.766. The first-order valence-corrected chi connectivity index (χ1v) is 9.44. The minimum absolute atomic E-state index is 0.271. The molecule has 3 fully saturated rings. The van der Waals surface area contributed by atoms with E-state index in [0.717, 1.165) is 16.5 Å². The maximum atomic E-state index is 6.44. The molecule has 0 radical (unpaired) electrons. The Balaban J connectivity index is 1.65. The summed E-state index contributed by atoms with van der Waals surface area (Å²) < 4.78 is 31.1. The van der Waals surface area contributed by atoms with Gasteiger partial charge in [-0.3, -0.25) is 0 Å². The van der Waals surface area contributed by atoms with Crippen LogP contribution in [0.4, 0.5) is 0 Å². The van der Waals surface area contributed by atoms with Crippen molar-refractivity contribution in [3.63, 3.8) is 0 Å². The molecular formula is C21H25NO5. The molecule has 5 rings (SSSR count). The Hall–Kier alpha value is -1.57. The van der Waals surface area contributed by atoms with Crippen LogP contribution in [0.2, 0.25) is 0 Å². The first kappa shape index (κ1) is 17.5. The second-order valence-corrected chi connectivity index (χ2v) is 8.50. The maximum absolute atomic E-state index is 6.44. The molecule has 6 nitrogen and oxygen atoms in total. The average molecular weight is 371 g/mol. The summed E-state index contributed by atoms with van der Waals surface area (Å²) in [6.07, 6.45) is -0.981. The molecule has 144 valence electrons. The van der Waals surface area contributed by atoms with Gasteiger partial charge in [-0.25, -0.2) is 4.98 Å². The van der Waals surface area contributed by atoms with Gasteiger partial charge in [0, 0.05) is 5.39 Å². The molecule has 1 aromatic carbocycles. The van der Waals surface area contributed by atoms with Gasteiger partial charge in [-0.05, 0) is 52.3 Å². The van der Waals surface area contributed by atoms with E-state index < -0.39 is 23.5 Å². The zero-order chi connectivity index (χ0) is 19.0. The van der Waals surface area contributed by atoms with Crippen molar-refractivity contribution >= 4 is 10.9 Å². The number of ether oxygens (including phenoxy) is 5. The first-order valence-electron chi connectivity index (χ1n) is 9.44. The van der Waals surface area contributed by atoms with Crippen molar-refractivity contribution in [3.8, 4) is 0 Å². The standard InChI is InChI=1S/C21H25NO5/c1-12-10-16(22-14-9-7-6-8-13(12)14)21-18(26-20(4,5)27-21)17-15(24-21)11-23-19(2,3)25-17/h6-10,15,17-18H,11H2,1-5H3/t15-,17-,18-,21-/m0/s1. The van der Waals surface area contributed by atoms with Gasteiger partial charge in [0.2, 0.25) is 5.79 Å². The Morgan fingerprint density at radius 2 is 1.78 bits per heavy atom. The zero-order valence-corrected chi connectivity index (χ0v) is 16.3. The van der Waals surface area contributed by atoms with Crippen LogP contribution in [0.15, 0.2) is 30.3 Å². The van der Waals surface area contributed by atoms with Gasteiger partial charge in [-0.1, -0.05) is 18.2 Å². The fraction of sp³-hybridized carbons (Fsp3) is 0.571. The summed E-state index contributed by atoms with van der Waals surface area (Å²) in [4.78, 5) is 4.88. The highest BCUT2D eigenvalue weighted by atomic mass is 16.9. The zero-order valence-electron chi connectivity index (χ0n) is 16.3. The monoisotopic (exact) mass is 371 g/mol. The number of hydrogen-bond acceptors (Lipinski definition) is 6. The van der Waals surface area contributed by atoms with E-state index in [1.54, 1.807) is 0 Å². The van der Waals surface area contributed by atoms with Crippen molar-refractivity contribution in [3.05, 3.63) is 41.6 Å². The fourth-order valence-electron chi connectivity index (χ4n) is 4.39. The van der Waals surface area contributed by atoms with Crippen LogP contribution in [0, 0.1) is 6.92 Å². The van der Waals surface area contributed by atoms with Crippen LogP contribution in [0.1, 0.15) is 39.0 Å². The number of aryl methyl sites for hydroxylation is 1. The first-order chi connectivity index (χ1) is 12.7. The third-order valence-electron chi connectivity index (χ3n) is 5.47. The van der Waals surface area contributed by atoms with Crippen molar-refractivity contribution in [2.24, 2.45) is 0 Å². The van der Waals surface area contributed by atoms with E-state index in [0.29, 0.717) is 12.3 Å². The molecule has 0 amide bonds. The highest BCUT2D eigenvalue weighted by molar-refractivity contribution is 5.82. The Bertz CT molecular complexity index is 911. The van der Waals surface area contributed by atoms with Crippen molar-refractivity contribution in [2.75, 3.05) is 6.61 Å². The summed E-state index contributed by atoms with van der Waals surface area (Å²) in [6.45, 7) is 10.1. The summed E-state index contributed by atoms with van der Waals surface area (Å²) in [5.41, 5.74) is 2.74. The molecule has 3 aliphatic rings. The Kier molecular flexibility index (Phi) is 3.56. The summed E-state index contributed by atoms with van der Waals surface area (Å²) in [7, 11) is 0. The molecule has 0 N–H and O–H groups in total. The average Bonchev–Trinajstić information content (AvgIpc) is 3.02. The molecule has 6 heteroatoms. The molecule has 0 saturated carbocycles. The van der Waals surface area contributed by atoms with E-state index in [2.05, 4.69) is 13.0 Å². The molecule has 3 aliphatic heterocycles. The lowest BCUT2D eigenvalue weighted by Crippen LogP contribution is -2.51. The van der Waals surface area contributed by atoms with E-state index in [4.69, 9.17) is 28.7 Å². The summed E-state index contributed by atoms with van der Waals surface area (Å²) in [5.74, 6) is -2.61. The lowest BCUT2D eigenvalue weighted by atomic mass is 9.98. The molecule has 0 aliphatic carbocycles. The van der Waals surface area contributed by atoms with Crippen molar-refractivity contribution in [1.82, 2.24) is 4.98 Å². The second kappa shape index (κ2) is 5.49. The number of nitrogens with zero attached hydrogens (tertiary/aromatic N) is 1. The summed E-state index contributed by atoms with van der Waals surface area (Å²) in [6, 6.07) is 10.1. The van der Waals surface area contributed by atoms with Crippen molar-refractivity contribution in [1.29, 1.82) is 0 Å². The molecule has 27 heavy (non-hydrogen) atoms. The lowest BCUT2D eigenvalue weighted by Gasteiger charge is -2.38. The molecule has 2 aromatic rings. The van der Waals surface area contributed by atoms with Gasteiger partial charge < -0.3 is 23.7 Å². The molecule has 0 bridgehead atoms. The number of aromatic nitrogens is 1. The number of rotatable bonds is 1. The van der Waals surface area contributed by atoms with Crippen LogP contribution >= 0.6 is 0 Å². The number of pyridine rings is 1. The SMILES string of the molecule is Cc1cc([C@@]23O[C@H]4COC(C)(C)O[C@@H]4[C@@H]2OC(C)(C)O3)nc2ccccc12. The van der Waals surface area contributed by atoms with Crippen LogP contribution in [-0.2, 0) is 29.5 Å². The van der Waals surface area contributed by atoms with Crippen LogP contribution in [0.3, 0.4) is 0 Å². The van der Waals surface area contributed by atoms with E-state index in [1.165, 1.54) is 0 Å². The maximum Gasteiger partial charge on any atom is 0.245 e. The van der Waals surface area contributed by atoms with Crippen molar-refractivity contribution < 1.29 is 23.7 Å². The fourth-order valence-corrected chi connectivity index (χ4v) is 4.39. The Labute approximate surface area is 158 Å². The third-order valence-corrected chi connectivity index (χ3v) is 5.47. The van der Waals surface area contributed by atoms with E-state index in [-0.39, 0.29) is 12.2 Å². The largest absolute Gasteiger partial charge is 0.348 e. The third kappa shape index (κ3) is 2.62. The number of fused-ring (bicyclic) bond motifs is 4. The van der Waals surface area contributed by atoms with E-state index in [9.17, 15) is 0 Å². The molecule has 0 unspecified atom stereocenters. The Morgan fingerprint density at radius 1 is 1.00 bits per heavy atom. The molecule has 1 aromatic heterocycles. The van der Waals surface area contributed by atoms with Gasteiger partial charge in [0.15, 0.2) is 11.6 Å². The number of hydrogen-bond donors (Lipinski definition) is 0. The Morgan fingerprint density at radius 3 is 2.59 bits per heavy atom. The predicted octanol–water partition coefficient (Wildman–Crippen LogP) is 3.40. The molecular weight excluding hydrogens is 346 g/mol. The van der Waals surface area contributed by atoms with Crippen LogP contribution in [-0.4, -0.2) is 41.5 Å².